The summed E-state index contributed by atoms with van der Waals surface area (Å²) in [5.74, 6) is 1.36. The van der Waals surface area contributed by atoms with Crippen LogP contribution in [-0.2, 0) is 11.3 Å². The maximum absolute atomic E-state index is 13.6. The van der Waals surface area contributed by atoms with E-state index in [0.29, 0.717) is 19.6 Å². The van der Waals surface area contributed by atoms with Gasteiger partial charge in [0.05, 0.1) is 6.61 Å². The summed E-state index contributed by atoms with van der Waals surface area (Å²) < 4.78 is 21.3. The highest BCUT2D eigenvalue weighted by molar-refractivity contribution is 5.76. The van der Waals surface area contributed by atoms with Gasteiger partial charge in [0, 0.05) is 44.4 Å². The van der Waals surface area contributed by atoms with Gasteiger partial charge in [-0.1, -0.05) is 12.1 Å². The molecule has 1 aliphatic rings. The fourth-order valence-electron chi connectivity index (χ4n) is 3.40. The predicted molar refractivity (Wildman–Crippen MR) is 97.4 cm³/mol. The van der Waals surface area contributed by atoms with Crippen molar-refractivity contribution in [3.8, 4) is 5.75 Å². The Balaban J connectivity index is 1.43. The van der Waals surface area contributed by atoms with Crippen LogP contribution in [0.25, 0.3) is 0 Å². The number of rotatable bonds is 7. The Labute approximate surface area is 153 Å². The van der Waals surface area contributed by atoms with Gasteiger partial charge in [0.2, 0.25) is 5.91 Å². The molecule has 1 amide bonds. The van der Waals surface area contributed by atoms with Gasteiger partial charge in [0.25, 0.3) is 0 Å². The van der Waals surface area contributed by atoms with Crippen LogP contribution in [0, 0.1) is 18.7 Å². The molecule has 2 heterocycles. The van der Waals surface area contributed by atoms with E-state index in [1.807, 2.05) is 18.0 Å². The summed E-state index contributed by atoms with van der Waals surface area (Å²) >= 11 is 0. The molecule has 0 N–H and O–H groups in total. The van der Waals surface area contributed by atoms with Crippen LogP contribution in [0.5, 0.6) is 5.75 Å². The van der Waals surface area contributed by atoms with Crippen molar-refractivity contribution in [1.82, 2.24) is 14.5 Å². The number of carbonyl (C=O) groups is 1. The SMILES string of the molecule is Cc1nccn1CCCC(=O)N1CCC[C@H](COc2ccccc2F)C1. The molecule has 2 aromatic rings. The van der Waals surface area contributed by atoms with Crippen LogP contribution in [0.3, 0.4) is 0 Å². The number of hydrogen-bond acceptors (Lipinski definition) is 3. The van der Waals surface area contributed by atoms with Crippen molar-refractivity contribution in [1.29, 1.82) is 0 Å². The molecule has 5 nitrogen and oxygen atoms in total. The van der Waals surface area contributed by atoms with E-state index in [-0.39, 0.29) is 23.4 Å². The molecule has 140 valence electrons. The summed E-state index contributed by atoms with van der Waals surface area (Å²) in [5, 5.41) is 0. The Morgan fingerprint density at radius 2 is 2.23 bits per heavy atom. The second kappa shape index (κ2) is 8.83. The molecule has 0 bridgehead atoms. The van der Waals surface area contributed by atoms with Gasteiger partial charge in [0.1, 0.15) is 5.82 Å². The number of ether oxygens (including phenoxy) is 1. The zero-order valence-corrected chi connectivity index (χ0v) is 15.2. The lowest BCUT2D eigenvalue weighted by molar-refractivity contribution is -0.133. The van der Waals surface area contributed by atoms with Crippen LogP contribution >= 0.6 is 0 Å². The van der Waals surface area contributed by atoms with E-state index in [1.165, 1.54) is 6.07 Å². The quantitative estimate of drug-likeness (QED) is 0.761. The largest absolute Gasteiger partial charge is 0.490 e. The molecule has 1 aliphatic heterocycles. The number of amides is 1. The predicted octanol–water partition coefficient (Wildman–Crippen LogP) is 3.43. The third-order valence-electron chi connectivity index (χ3n) is 4.90. The fraction of sp³-hybridized carbons (Fsp3) is 0.500. The molecular formula is C20H26FN3O2. The summed E-state index contributed by atoms with van der Waals surface area (Å²) in [7, 11) is 0. The van der Waals surface area contributed by atoms with Gasteiger partial charge < -0.3 is 14.2 Å². The minimum absolute atomic E-state index is 0.193. The number of nitrogens with zero attached hydrogens (tertiary/aromatic N) is 3. The van der Waals surface area contributed by atoms with Crippen molar-refractivity contribution >= 4 is 5.91 Å². The summed E-state index contributed by atoms with van der Waals surface area (Å²) in [4.78, 5) is 18.6. The smallest absolute Gasteiger partial charge is 0.222 e. The van der Waals surface area contributed by atoms with Crippen LogP contribution in [0.15, 0.2) is 36.7 Å². The molecule has 6 heteroatoms. The monoisotopic (exact) mass is 359 g/mol. The van der Waals surface area contributed by atoms with E-state index >= 15 is 0 Å². The van der Waals surface area contributed by atoms with Crippen molar-refractivity contribution in [2.75, 3.05) is 19.7 Å². The minimum atomic E-state index is -0.342. The fourth-order valence-corrected chi connectivity index (χ4v) is 3.40. The number of aryl methyl sites for hydroxylation is 2. The number of likely N-dealkylation sites (tertiary alicyclic amines) is 1. The summed E-state index contributed by atoms with van der Waals surface area (Å²) in [5.41, 5.74) is 0. The lowest BCUT2D eigenvalue weighted by Crippen LogP contribution is -2.41. The molecule has 1 atom stereocenters. The van der Waals surface area contributed by atoms with Crippen LogP contribution in [0.1, 0.15) is 31.5 Å². The number of para-hydroxylation sites is 1. The van der Waals surface area contributed by atoms with Gasteiger partial charge >= 0.3 is 0 Å². The molecule has 0 spiro atoms. The first-order valence-corrected chi connectivity index (χ1v) is 9.26. The number of aromatic nitrogens is 2. The Bertz CT molecular complexity index is 731. The second-order valence-electron chi connectivity index (χ2n) is 6.86. The molecular weight excluding hydrogens is 333 g/mol. The van der Waals surface area contributed by atoms with Crippen LogP contribution in [0.4, 0.5) is 4.39 Å². The number of hydrogen-bond donors (Lipinski definition) is 0. The van der Waals surface area contributed by atoms with E-state index in [9.17, 15) is 9.18 Å². The van der Waals surface area contributed by atoms with Crippen molar-refractivity contribution in [3.05, 3.63) is 48.3 Å². The number of halogens is 1. The average molecular weight is 359 g/mol. The lowest BCUT2D eigenvalue weighted by atomic mass is 9.98. The van der Waals surface area contributed by atoms with Gasteiger partial charge in [0.15, 0.2) is 11.6 Å². The maximum atomic E-state index is 13.6. The highest BCUT2D eigenvalue weighted by Gasteiger charge is 2.24. The molecule has 1 fully saturated rings. The molecule has 0 aliphatic carbocycles. The van der Waals surface area contributed by atoms with Crippen molar-refractivity contribution in [2.45, 2.75) is 39.2 Å². The van der Waals surface area contributed by atoms with E-state index < -0.39 is 0 Å². The Morgan fingerprint density at radius 1 is 1.38 bits per heavy atom. The number of piperidine rings is 1. The molecule has 0 saturated carbocycles. The van der Waals surface area contributed by atoms with E-state index in [4.69, 9.17) is 4.74 Å². The number of imidazole rings is 1. The first-order chi connectivity index (χ1) is 12.6. The van der Waals surface area contributed by atoms with Gasteiger partial charge in [-0.2, -0.15) is 0 Å². The lowest BCUT2D eigenvalue weighted by Gasteiger charge is -2.32. The molecule has 1 aromatic heterocycles. The zero-order chi connectivity index (χ0) is 18.4. The van der Waals surface area contributed by atoms with Gasteiger partial charge in [-0.15, -0.1) is 0 Å². The van der Waals surface area contributed by atoms with Crippen molar-refractivity contribution in [2.24, 2.45) is 5.92 Å². The first-order valence-electron chi connectivity index (χ1n) is 9.26. The Hall–Kier alpha value is -2.37. The molecule has 1 saturated heterocycles. The highest BCUT2D eigenvalue weighted by atomic mass is 19.1. The van der Waals surface area contributed by atoms with Crippen molar-refractivity contribution in [3.63, 3.8) is 0 Å². The summed E-state index contributed by atoms with van der Waals surface area (Å²) in [6, 6.07) is 6.44. The van der Waals surface area contributed by atoms with Gasteiger partial charge in [-0.3, -0.25) is 4.79 Å². The van der Waals surface area contributed by atoms with Crippen LogP contribution < -0.4 is 4.74 Å². The highest BCUT2D eigenvalue weighted by Crippen LogP contribution is 2.21. The number of benzene rings is 1. The Morgan fingerprint density at radius 3 is 3.00 bits per heavy atom. The molecule has 1 aromatic carbocycles. The topological polar surface area (TPSA) is 47.4 Å². The average Bonchev–Trinajstić information content (AvgIpc) is 3.06. The molecule has 0 radical (unpaired) electrons. The summed E-state index contributed by atoms with van der Waals surface area (Å²) in [6.45, 7) is 4.72. The minimum Gasteiger partial charge on any atom is -0.490 e. The van der Waals surface area contributed by atoms with Crippen LogP contribution in [-0.4, -0.2) is 40.1 Å². The first kappa shape index (κ1) is 18.4. The second-order valence-corrected chi connectivity index (χ2v) is 6.86. The molecule has 26 heavy (non-hydrogen) atoms. The molecule has 3 rings (SSSR count). The Kier molecular flexibility index (Phi) is 6.26. The van der Waals surface area contributed by atoms with E-state index in [0.717, 1.165) is 38.2 Å². The zero-order valence-electron chi connectivity index (χ0n) is 15.2. The molecule has 0 unspecified atom stereocenters. The van der Waals surface area contributed by atoms with Crippen molar-refractivity contribution < 1.29 is 13.9 Å². The third kappa shape index (κ3) is 4.84. The third-order valence-corrected chi connectivity index (χ3v) is 4.90. The standard InChI is InChI=1S/C20H26FN3O2/c1-16-22-10-13-23(16)11-5-9-20(25)24-12-4-6-17(14-24)15-26-19-8-3-2-7-18(19)21/h2-3,7-8,10,13,17H,4-6,9,11-12,14-15H2,1H3/t17-/m0/s1. The summed E-state index contributed by atoms with van der Waals surface area (Å²) in [6.07, 6.45) is 7.05. The number of carbonyl (C=O) groups excluding carboxylic acids is 1. The van der Waals surface area contributed by atoms with E-state index in [1.54, 1.807) is 24.4 Å². The van der Waals surface area contributed by atoms with E-state index in [2.05, 4.69) is 9.55 Å². The maximum Gasteiger partial charge on any atom is 0.222 e. The normalized spacial score (nSPS) is 17.3. The van der Waals surface area contributed by atoms with Gasteiger partial charge in [-0.25, -0.2) is 9.37 Å². The van der Waals surface area contributed by atoms with Crippen LogP contribution in [0.2, 0.25) is 0 Å². The van der Waals surface area contributed by atoms with Gasteiger partial charge in [-0.05, 0) is 38.3 Å².